The summed E-state index contributed by atoms with van der Waals surface area (Å²) < 4.78 is 0. The number of nitrogens with zero attached hydrogens (tertiary/aromatic N) is 3. The normalized spacial score (nSPS) is 15.5. The SMILES string of the molecule is Cc1cc(-c2[nH]c3ccc(C4CCN(C(=O)CN(C)C(C)(C)C)CC4)cc3c2C(C)C)cc(C)n1. The summed E-state index contributed by atoms with van der Waals surface area (Å²) in [5, 5.41) is 1.32. The number of amides is 1. The summed E-state index contributed by atoms with van der Waals surface area (Å²) in [7, 11) is 2.03. The van der Waals surface area contributed by atoms with Crippen LogP contribution in [0.4, 0.5) is 0 Å². The quantitative estimate of drug-likeness (QED) is 0.465. The molecule has 2 aromatic heterocycles. The third kappa shape index (κ3) is 5.45. The molecule has 1 aromatic carbocycles. The molecule has 5 nitrogen and oxygen atoms in total. The third-order valence-corrected chi connectivity index (χ3v) is 7.65. The Labute approximate surface area is 210 Å². The van der Waals surface area contributed by atoms with Crippen molar-refractivity contribution >= 4 is 16.8 Å². The first kappa shape index (κ1) is 25.4. The maximum absolute atomic E-state index is 12.9. The third-order valence-electron chi connectivity index (χ3n) is 7.65. The predicted octanol–water partition coefficient (Wildman–Crippen LogP) is 6.41. The van der Waals surface area contributed by atoms with Crippen LogP contribution >= 0.6 is 0 Å². The molecule has 35 heavy (non-hydrogen) atoms. The number of carbonyl (C=O) groups excluding carboxylic acids is 1. The van der Waals surface area contributed by atoms with Crippen LogP contribution in [0.15, 0.2) is 30.3 Å². The van der Waals surface area contributed by atoms with Gasteiger partial charge in [0.1, 0.15) is 0 Å². The number of H-pyrrole nitrogens is 1. The van der Waals surface area contributed by atoms with Crippen molar-refractivity contribution in [1.82, 2.24) is 19.8 Å². The fourth-order valence-corrected chi connectivity index (χ4v) is 5.29. The van der Waals surface area contributed by atoms with E-state index in [1.807, 2.05) is 7.05 Å². The number of hydrogen-bond donors (Lipinski definition) is 1. The van der Waals surface area contributed by atoms with Gasteiger partial charge in [-0.1, -0.05) is 19.9 Å². The zero-order chi connectivity index (χ0) is 25.5. The highest BCUT2D eigenvalue weighted by Crippen LogP contribution is 2.38. The monoisotopic (exact) mass is 474 g/mol. The molecule has 1 amide bonds. The standard InChI is InChI=1S/C30H42N4O/c1-19(2)28-25-17-23(9-10-26(25)32-29(28)24-15-20(3)31-21(4)16-24)22-11-13-34(14-12-22)27(35)18-33(8)30(5,6)7/h9-10,15-17,19,22,32H,11-14,18H2,1-8H3. The lowest BCUT2D eigenvalue weighted by Gasteiger charge is -2.36. The highest BCUT2D eigenvalue weighted by molar-refractivity contribution is 5.92. The van der Waals surface area contributed by atoms with Crippen LogP contribution < -0.4 is 0 Å². The smallest absolute Gasteiger partial charge is 0.236 e. The molecule has 0 radical (unpaired) electrons. The molecule has 0 spiro atoms. The minimum absolute atomic E-state index is 0.000578. The van der Waals surface area contributed by atoms with E-state index in [9.17, 15) is 4.79 Å². The zero-order valence-electron chi connectivity index (χ0n) is 22.8. The van der Waals surface area contributed by atoms with Crippen molar-refractivity contribution in [3.8, 4) is 11.3 Å². The van der Waals surface area contributed by atoms with Crippen LogP contribution in [0.3, 0.4) is 0 Å². The number of nitrogens with one attached hydrogen (secondary N) is 1. The van der Waals surface area contributed by atoms with Crippen LogP contribution in [-0.4, -0.2) is 57.9 Å². The van der Waals surface area contributed by atoms with Crippen molar-refractivity contribution in [2.24, 2.45) is 0 Å². The summed E-state index contributed by atoms with van der Waals surface area (Å²) in [5.41, 5.74) is 8.48. The molecule has 5 heteroatoms. The summed E-state index contributed by atoms with van der Waals surface area (Å²) >= 11 is 0. The number of hydrogen-bond acceptors (Lipinski definition) is 3. The summed E-state index contributed by atoms with van der Waals surface area (Å²) in [6.45, 7) is 17.3. The van der Waals surface area contributed by atoms with Gasteiger partial charge in [-0.2, -0.15) is 0 Å². The number of aromatic amines is 1. The van der Waals surface area contributed by atoms with E-state index in [0.717, 1.165) is 37.3 Å². The molecule has 1 saturated heterocycles. The average Bonchev–Trinajstić information content (AvgIpc) is 3.17. The molecule has 0 atom stereocenters. The maximum Gasteiger partial charge on any atom is 0.236 e. The van der Waals surface area contributed by atoms with Gasteiger partial charge >= 0.3 is 0 Å². The van der Waals surface area contributed by atoms with Crippen LogP contribution in [0.2, 0.25) is 0 Å². The number of piperidine rings is 1. The number of carbonyl (C=O) groups is 1. The molecule has 1 aliphatic rings. The summed E-state index contributed by atoms with van der Waals surface area (Å²) in [6, 6.07) is 11.3. The lowest BCUT2D eigenvalue weighted by Crippen LogP contribution is -2.47. The van der Waals surface area contributed by atoms with Crippen LogP contribution in [0, 0.1) is 13.8 Å². The minimum Gasteiger partial charge on any atom is -0.354 e. The molecule has 0 saturated carbocycles. The summed E-state index contributed by atoms with van der Waals surface area (Å²) in [4.78, 5) is 25.3. The lowest BCUT2D eigenvalue weighted by atomic mass is 9.87. The van der Waals surface area contributed by atoms with Gasteiger partial charge in [0.2, 0.25) is 5.91 Å². The molecule has 0 aliphatic carbocycles. The summed E-state index contributed by atoms with van der Waals surface area (Å²) in [6.07, 6.45) is 2.04. The molecular formula is C30H42N4O. The molecular weight excluding hydrogens is 432 g/mol. The van der Waals surface area contributed by atoms with Gasteiger partial charge in [-0.05, 0) is 102 Å². The van der Waals surface area contributed by atoms with Crippen molar-refractivity contribution in [3.63, 3.8) is 0 Å². The largest absolute Gasteiger partial charge is 0.354 e. The molecule has 3 heterocycles. The second kappa shape index (κ2) is 9.77. The Morgan fingerprint density at radius 3 is 2.31 bits per heavy atom. The van der Waals surface area contributed by atoms with E-state index in [-0.39, 0.29) is 11.4 Å². The van der Waals surface area contributed by atoms with Crippen molar-refractivity contribution in [2.75, 3.05) is 26.7 Å². The van der Waals surface area contributed by atoms with E-state index < -0.39 is 0 Å². The number of benzene rings is 1. The number of aryl methyl sites for hydroxylation is 2. The number of rotatable bonds is 5. The molecule has 1 N–H and O–H groups in total. The molecule has 1 fully saturated rings. The Hall–Kier alpha value is -2.66. The molecule has 1 aliphatic heterocycles. The second-order valence-electron chi connectivity index (χ2n) is 11.7. The Morgan fingerprint density at radius 1 is 1.11 bits per heavy atom. The van der Waals surface area contributed by atoms with Gasteiger partial charge in [-0.15, -0.1) is 0 Å². The molecule has 188 valence electrons. The van der Waals surface area contributed by atoms with Crippen molar-refractivity contribution in [2.45, 2.75) is 78.7 Å². The Kier molecular flexibility index (Phi) is 7.10. The lowest BCUT2D eigenvalue weighted by molar-refractivity contribution is -0.134. The Morgan fingerprint density at radius 2 is 1.74 bits per heavy atom. The van der Waals surface area contributed by atoms with Gasteiger partial charge in [0.25, 0.3) is 0 Å². The van der Waals surface area contributed by atoms with E-state index in [2.05, 4.69) is 98.6 Å². The average molecular weight is 475 g/mol. The summed E-state index contributed by atoms with van der Waals surface area (Å²) in [5.74, 6) is 1.14. The van der Waals surface area contributed by atoms with Crippen LogP contribution in [0.25, 0.3) is 22.2 Å². The van der Waals surface area contributed by atoms with Crippen molar-refractivity contribution in [3.05, 3.63) is 52.8 Å². The van der Waals surface area contributed by atoms with Gasteiger partial charge in [0, 0.05) is 46.5 Å². The second-order valence-corrected chi connectivity index (χ2v) is 11.7. The Balaban J connectivity index is 1.56. The number of likely N-dealkylation sites (tertiary alicyclic amines) is 1. The van der Waals surface area contributed by atoms with Gasteiger partial charge in [0.15, 0.2) is 0 Å². The zero-order valence-corrected chi connectivity index (χ0v) is 22.8. The molecule has 3 aromatic rings. The van der Waals surface area contributed by atoms with Crippen LogP contribution in [0.5, 0.6) is 0 Å². The fourth-order valence-electron chi connectivity index (χ4n) is 5.29. The Bertz CT molecular complexity index is 1190. The first-order valence-corrected chi connectivity index (χ1v) is 13.0. The van der Waals surface area contributed by atoms with Gasteiger partial charge < -0.3 is 9.88 Å². The van der Waals surface area contributed by atoms with E-state index in [4.69, 9.17) is 0 Å². The van der Waals surface area contributed by atoms with Crippen LogP contribution in [-0.2, 0) is 4.79 Å². The van der Waals surface area contributed by atoms with Crippen LogP contribution in [0.1, 0.15) is 81.8 Å². The number of likely N-dealkylation sites (N-methyl/N-ethyl adjacent to an activating group) is 1. The predicted molar refractivity (Wildman–Crippen MR) is 146 cm³/mol. The van der Waals surface area contributed by atoms with E-state index in [0.29, 0.717) is 18.4 Å². The van der Waals surface area contributed by atoms with Gasteiger partial charge in [0.05, 0.1) is 12.2 Å². The van der Waals surface area contributed by atoms with Gasteiger partial charge in [-0.25, -0.2) is 0 Å². The van der Waals surface area contributed by atoms with E-state index in [1.54, 1.807) is 0 Å². The van der Waals surface area contributed by atoms with Gasteiger partial charge in [-0.3, -0.25) is 14.7 Å². The first-order chi connectivity index (χ1) is 16.4. The topological polar surface area (TPSA) is 52.2 Å². The minimum atomic E-state index is 0.000578. The van der Waals surface area contributed by atoms with E-state index in [1.165, 1.54) is 33.3 Å². The first-order valence-electron chi connectivity index (χ1n) is 13.0. The number of aromatic nitrogens is 2. The molecule has 0 bridgehead atoms. The maximum atomic E-state index is 12.9. The highest BCUT2D eigenvalue weighted by Gasteiger charge is 2.27. The fraction of sp³-hybridized carbons (Fsp3) is 0.533. The van der Waals surface area contributed by atoms with E-state index >= 15 is 0 Å². The molecule has 4 rings (SSSR count). The highest BCUT2D eigenvalue weighted by atomic mass is 16.2. The van der Waals surface area contributed by atoms with Crippen molar-refractivity contribution < 1.29 is 4.79 Å². The number of fused-ring (bicyclic) bond motifs is 1. The number of pyridine rings is 1. The van der Waals surface area contributed by atoms with Crippen molar-refractivity contribution in [1.29, 1.82) is 0 Å². The molecule has 0 unspecified atom stereocenters.